The minimum atomic E-state index is 0.200. The van der Waals surface area contributed by atoms with Crippen LogP contribution in [0.1, 0.15) is 41.9 Å². The maximum atomic E-state index is 12.7. The molecule has 1 heterocycles. The fraction of sp³-hybridized carbons (Fsp3) is 0.706. The van der Waals surface area contributed by atoms with E-state index in [1.54, 1.807) is 11.3 Å². The molecule has 2 fully saturated rings. The normalized spacial score (nSPS) is 32.0. The number of hydrogen-bond donors (Lipinski definition) is 1. The number of nitrogens with zero attached hydrogens (tertiary/aromatic N) is 1. The van der Waals surface area contributed by atoms with E-state index in [4.69, 9.17) is 5.73 Å². The Balaban J connectivity index is 1.62. The first-order valence-electron chi connectivity index (χ1n) is 8.10. The molecule has 21 heavy (non-hydrogen) atoms. The van der Waals surface area contributed by atoms with E-state index in [2.05, 4.69) is 19.1 Å². The van der Waals surface area contributed by atoms with Crippen LogP contribution >= 0.6 is 11.3 Å². The van der Waals surface area contributed by atoms with Crippen LogP contribution in [0.15, 0.2) is 12.1 Å². The zero-order valence-electron chi connectivity index (χ0n) is 13.0. The Morgan fingerprint density at radius 2 is 2.00 bits per heavy atom. The van der Waals surface area contributed by atoms with E-state index in [0.29, 0.717) is 23.8 Å². The molecule has 2 aliphatic rings. The molecule has 3 rings (SSSR count). The average molecular weight is 306 g/mol. The van der Waals surface area contributed by atoms with Gasteiger partial charge in [0.1, 0.15) is 0 Å². The van der Waals surface area contributed by atoms with Crippen molar-refractivity contribution >= 4 is 17.2 Å². The number of aryl methyl sites for hydroxylation is 1. The smallest absolute Gasteiger partial charge is 0.225 e. The van der Waals surface area contributed by atoms with Crippen LogP contribution in [0.2, 0.25) is 0 Å². The Morgan fingerprint density at radius 1 is 1.33 bits per heavy atom. The highest BCUT2D eigenvalue weighted by atomic mass is 32.1. The molecule has 3 nitrogen and oxygen atoms in total. The van der Waals surface area contributed by atoms with Gasteiger partial charge < -0.3 is 10.6 Å². The van der Waals surface area contributed by atoms with Crippen LogP contribution < -0.4 is 5.73 Å². The number of hydrogen-bond acceptors (Lipinski definition) is 3. The number of amides is 1. The van der Waals surface area contributed by atoms with Crippen molar-refractivity contribution in [2.24, 2.45) is 23.5 Å². The summed E-state index contributed by atoms with van der Waals surface area (Å²) in [6, 6.07) is 4.60. The van der Waals surface area contributed by atoms with Crippen molar-refractivity contribution in [2.75, 3.05) is 7.05 Å². The van der Waals surface area contributed by atoms with Crippen LogP contribution in [0.3, 0.4) is 0 Å². The minimum Gasteiger partial charge on any atom is -0.340 e. The third-order valence-corrected chi connectivity index (χ3v) is 6.31. The van der Waals surface area contributed by atoms with Gasteiger partial charge in [-0.25, -0.2) is 0 Å². The molecule has 1 aromatic heterocycles. The van der Waals surface area contributed by atoms with Crippen molar-refractivity contribution in [1.82, 2.24) is 4.90 Å². The lowest BCUT2D eigenvalue weighted by Crippen LogP contribution is -2.49. The predicted octanol–water partition coefficient (Wildman–Crippen LogP) is 3.17. The molecule has 0 radical (unpaired) electrons. The van der Waals surface area contributed by atoms with Gasteiger partial charge in [0.25, 0.3) is 0 Å². The number of fused-ring (bicyclic) bond motifs is 2. The molecule has 1 aromatic rings. The predicted molar refractivity (Wildman–Crippen MR) is 87.1 cm³/mol. The number of carbonyl (C=O) groups excluding carboxylic acids is 1. The van der Waals surface area contributed by atoms with Gasteiger partial charge in [-0.05, 0) is 56.6 Å². The summed E-state index contributed by atoms with van der Waals surface area (Å²) in [5, 5.41) is 0. The highest BCUT2D eigenvalue weighted by Gasteiger charge is 2.41. The topological polar surface area (TPSA) is 46.3 Å². The van der Waals surface area contributed by atoms with Crippen LogP contribution in [0.4, 0.5) is 0 Å². The molecule has 116 valence electrons. The maximum Gasteiger partial charge on any atom is 0.225 e. The van der Waals surface area contributed by atoms with Crippen molar-refractivity contribution in [3.05, 3.63) is 21.9 Å². The third kappa shape index (κ3) is 3.16. The second kappa shape index (κ2) is 6.09. The zero-order valence-corrected chi connectivity index (χ0v) is 13.9. The lowest BCUT2D eigenvalue weighted by molar-refractivity contribution is -0.137. The molecule has 0 spiro atoms. The molecule has 2 N–H and O–H groups in total. The summed E-state index contributed by atoms with van der Waals surface area (Å²) >= 11 is 1.78. The molecule has 2 saturated carbocycles. The molecular formula is C17H26N2OS. The Labute approximate surface area is 131 Å². The van der Waals surface area contributed by atoms with E-state index < -0.39 is 0 Å². The number of nitrogens with two attached hydrogens (primary N) is 1. The van der Waals surface area contributed by atoms with E-state index in [0.717, 1.165) is 19.4 Å². The van der Waals surface area contributed by atoms with Gasteiger partial charge in [-0.15, -0.1) is 11.3 Å². The third-order valence-electron chi connectivity index (χ3n) is 5.33. The highest BCUT2D eigenvalue weighted by molar-refractivity contribution is 7.11. The van der Waals surface area contributed by atoms with Gasteiger partial charge in [-0.3, -0.25) is 4.79 Å². The van der Waals surface area contributed by atoms with E-state index >= 15 is 0 Å². The molecule has 4 heteroatoms. The summed E-state index contributed by atoms with van der Waals surface area (Å²) in [5.41, 5.74) is 6.33. The van der Waals surface area contributed by atoms with Gasteiger partial charge in [-0.1, -0.05) is 6.42 Å². The number of carbonyl (C=O) groups is 1. The zero-order chi connectivity index (χ0) is 15.0. The van der Waals surface area contributed by atoms with Crippen molar-refractivity contribution in [3.8, 4) is 0 Å². The first-order valence-corrected chi connectivity index (χ1v) is 8.92. The summed E-state index contributed by atoms with van der Waals surface area (Å²) in [6.45, 7) is 2.86. The molecular weight excluding hydrogens is 280 g/mol. The molecule has 0 aromatic carbocycles. The van der Waals surface area contributed by atoms with Crippen LogP contribution in [-0.4, -0.2) is 23.9 Å². The second-order valence-electron chi connectivity index (χ2n) is 6.90. The molecule has 2 unspecified atom stereocenters. The standard InChI is InChI=1S/C17H26N2OS/c1-11-6-7-15(21-11)10-19(2)17(20)14-8-12-4-3-5-13(9-14)16(12)18/h6-7,12-14,16H,3-5,8-10,18H2,1-2H3. The summed E-state index contributed by atoms with van der Waals surface area (Å²) in [4.78, 5) is 17.2. The van der Waals surface area contributed by atoms with Crippen LogP contribution in [0.5, 0.6) is 0 Å². The first-order chi connectivity index (χ1) is 10.0. The van der Waals surface area contributed by atoms with E-state index in [1.165, 1.54) is 29.0 Å². The maximum absolute atomic E-state index is 12.7. The van der Waals surface area contributed by atoms with Crippen molar-refractivity contribution < 1.29 is 4.79 Å². The van der Waals surface area contributed by atoms with Crippen molar-refractivity contribution in [1.29, 1.82) is 0 Å². The highest BCUT2D eigenvalue weighted by Crippen LogP contribution is 2.42. The van der Waals surface area contributed by atoms with E-state index in [1.807, 2.05) is 11.9 Å². The fourth-order valence-electron chi connectivity index (χ4n) is 4.18. The van der Waals surface area contributed by atoms with Crippen LogP contribution in [0.25, 0.3) is 0 Å². The van der Waals surface area contributed by atoms with Gasteiger partial charge >= 0.3 is 0 Å². The number of thiophene rings is 1. The van der Waals surface area contributed by atoms with Gasteiger partial charge in [0, 0.05) is 28.8 Å². The quantitative estimate of drug-likeness (QED) is 0.932. The Hall–Kier alpha value is -0.870. The second-order valence-corrected chi connectivity index (χ2v) is 8.28. The molecule has 1 amide bonds. The fourth-order valence-corrected chi connectivity index (χ4v) is 5.13. The molecule has 2 atom stereocenters. The number of rotatable bonds is 3. The van der Waals surface area contributed by atoms with Crippen molar-refractivity contribution in [3.63, 3.8) is 0 Å². The first kappa shape index (κ1) is 15.0. The van der Waals surface area contributed by atoms with Gasteiger partial charge in [-0.2, -0.15) is 0 Å². The van der Waals surface area contributed by atoms with Gasteiger partial charge in [0.2, 0.25) is 5.91 Å². The van der Waals surface area contributed by atoms with Gasteiger partial charge in [0.15, 0.2) is 0 Å². The molecule has 2 bridgehead atoms. The largest absolute Gasteiger partial charge is 0.340 e. The summed E-state index contributed by atoms with van der Waals surface area (Å²) in [5.74, 6) is 1.67. The average Bonchev–Trinajstić information content (AvgIpc) is 2.83. The Kier molecular flexibility index (Phi) is 4.36. The minimum absolute atomic E-state index is 0.200. The molecule has 2 aliphatic carbocycles. The Morgan fingerprint density at radius 3 is 2.57 bits per heavy atom. The Bertz CT molecular complexity index is 499. The van der Waals surface area contributed by atoms with Crippen LogP contribution in [0, 0.1) is 24.7 Å². The lowest BCUT2D eigenvalue weighted by Gasteiger charge is -2.44. The lowest BCUT2D eigenvalue weighted by atomic mass is 9.65. The summed E-state index contributed by atoms with van der Waals surface area (Å²) in [6.07, 6.45) is 5.74. The molecule has 0 aliphatic heterocycles. The van der Waals surface area contributed by atoms with E-state index in [-0.39, 0.29) is 5.92 Å². The van der Waals surface area contributed by atoms with E-state index in [9.17, 15) is 4.79 Å². The SMILES string of the molecule is Cc1ccc(CN(C)C(=O)C2CC3CCCC(C2)C3N)s1. The monoisotopic (exact) mass is 306 g/mol. The van der Waals surface area contributed by atoms with Crippen molar-refractivity contribution in [2.45, 2.75) is 51.6 Å². The van der Waals surface area contributed by atoms with Crippen LogP contribution in [-0.2, 0) is 11.3 Å². The van der Waals surface area contributed by atoms with Gasteiger partial charge in [0.05, 0.1) is 6.54 Å². The summed E-state index contributed by atoms with van der Waals surface area (Å²) in [7, 11) is 1.95. The summed E-state index contributed by atoms with van der Waals surface area (Å²) < 4.78 is 0. The molecule has 0 saturated heterocycles.